The monoisotopic (exact) mass is 265 g/mol. The number of thiazole rings is 1. The average molecular weight is 265 g/mol. The number of ether oxygens (including phenoxy) is 1. The van der Waals surface area contributed by atoms with Gasteiger partial charge in [-0.1, -0.05) is 0 Å². The Morgan fingerprint density at radius 2 is 2.39 bits per heavy atom. The van der Waals surface area contributed by atoms with E-state index in [1.54, 1.807) is 24.0 Å². The highest BCUT2D eigenvalue weighted by molar-refractivity contribution is 7.16. The van der Waals surface area contributed by atoms with E-state index in [9.17, 15) is 4.79 Å². The number of anilines is 1. The number of hydrogen-bond donors (Lipinski definition) is 2. The first kappa shape index (κ1) is 12.9. The van der Waals surface area contributed by atoms with E-state index < -0.39 is 0 Å². The van der Waals surface area contributed by atoms with Crippen molar-refractivity contribution < 1.29 is 9.53 Å². The molecule has 2 rings (SSSR count). The Bertz CT molecular complexity index is 527. The summed E-state index contributed by atoms with van der Waals surface area (Å²) in [6, 6.07) is 5.72. The molecule has 0 radical (unpaired) electrons. The zero-order chi connectivity index (χ0) is 12.8. The normalized spacial score (nSPS) is 10.7. The summed E-state index contributed by atoms with van der Waals surface area (Å²) >= 11 is 1.58. The Balaban J connectivity index is 1.86. The number of carbonyl (C=O) groups is 1. The van der Waals surface area contributed by atoms with Gasteiger partial charge in [0.1, 0.15) is 0 Å². The molecule has 0 unspecified atom stereocenters. The summed E-state index contributed by atoms with van der Waals surface area (Å²) in [7, 11) is 1.63. The Hall–Kier alpha value is -1.50. The summed E-state index contributed by atoms with van der Waals surface area (Å²) in [5.41, 5.74) is 3.47. The number of rotatable bonds is 6. The lowest BCUT2D eigenvalue weighted by Crippen LogP contribution is -2.30. The van der Waals surface area contributed by atoms with Crippen molar-refractivity contribution in [1.82, 2.24) is 10.3 Å². The number of hydrogen-bond acceptors (Lipinski definition) is 5. The molecule has 2 N–H and O–H groups in total. The van der Waals surface area contributed by atoms with E-state index in [1.165, 1.54) is 0 Å². The summed E-state index contributed by atoms with van der Waals surface area (Å²) in [6.45, 7) is 1.53. The minimum atomic E-state index is -0.0688. The quantitative estimate of drug-likeness (QED) is 0.776. The van der Waals surface area contributed by atoms with Crippen LogP contribution in [0.1, 0.15) is 0 Å². The SMILES string of the molecule is COCCNCC(=O)Nc1ccc2scnc2c1. The third-order valence-corrected chi connectivity index (χ3v) is 3.19. The molecule has 1 amide bonds. The van der Waals surface area contributed by atoms with E-state index in [1.807, 2.05) is 18.2 Å². The molecule has 0 fully saturated rings. The van der Waals surface area contributed by atoms with Crippen LogP contribution in [0, 0.1) is 0 Å². The minimum absolute atomic E-state index is 0.0688. The lowest BCUT2D eigenvalue weighted by molar-refractivity contribution is -0.115. The van der Waals surface area contributed by atoms with Gasteiger partial charge in [-0.2, -0.15) is 0 Å². The zero-order valence-corrected chi connectivity index (χ0v) is 10.9. The van der Waals surface area contributed by atoms with Crippen LogP contribution in [0.25, 0.3) is 10.2 Å². The number of nitrogens with one attached hydrogen (secondary N) is 2. The van der Waals surface area contributed by atoms with Crippen LogP contribution in [0.2, 0.25) is 0 Å². The van der Waals surface area contributed by atoms with Gasteiger partial charge in [-0.25, -0.2) is 4.98 Å². The zero-order valence-electron chi connectivity index (χ0n) is 10.1. The van der Waals surface area contributed by atoms with Crippen LogP contribution in [-0.2, 0) is 9.53 Å². The predicted octanol–water partition coefficient (Wildman–Crippen LogP) is 1.47. The molecule has 96 valence electrons. The maximum atomic E-state index is 11.6. The van der Waals surface area contributed by atoms with Crippen molar-refractivity contribution in [1.29, 1.82) is 0 Å². The number of carbonyl (C=O) groups excluding carboxylic acids is 1. The Morgan fingerprint density at radius 1 is 1.50 bits per heavy atom. The second-order valence-corrected chi connectivity index (χ2v) is 4.64. The number of methoxy groups -OCH3 is 1. The van der Waals surface area contributed by atoms with E-state index in [0.717, 1.165) is 15.9 Å². The van der Waals surface area contributed by atoms with Crippen molar-refractivity contribution in [2.75, 3.05) is 32.1 Å². The fourth-order valence-electron chi connectivity index (χ4n) is 1.52. The average Bonchev–Trinajstić information content (AvgIpc) is 2.82. The number of fused-ring (bicyclic) bond motifs is 1. The van der Waals surface area contributed by atoms with Crippen molar-refractivity contribution in [3.63, 3.8) is 0 Å². The maximum absolute atomic E-state index is 11.6. The van der Waals surface area contributed by atoms with Crippen LogP contribution in [0.15, 0.2) is 23.7 Å². The summed E-state index contributed by atoms with van der Waals surface area (Å²) < 4.78 is 6.00. The van der Waals surface area contributed by atoms with Gasteiger partial charge < -0.3 is 15.4 Å². The summed E-state index contributed by atoms with van der Waals surface area (Å²) in [4.78, 5) is 15.8. The van der Waals surface area contributed by atoms with Gasteiger partial charge in [0.25, 0.3) is 0 Å². The Labute approximate surface area is 109 Å². The highest BCUT2D eigenvalue weighted by atomic mass is 32.1. The van der Waals surface area contributed by atoms with Gasteiger partial charge in [0.05, 0.1) is 28.9 Å². The molecule has 18 heavy (non-hydrogen) atoms. The van der Waals surface area contributed by atoms with Crippen molar-refractivity contribution in [3.05, 3.63) is 23.7 Å². The number of benzene rings is 1. The first-order valence-electron chi connectivity index (χ1n) is 5.62. The van der Waals surface area contributed by atoms with E-state index in [4.69, 9.17) is 4.74 Å². The van der Waals surface area contributed by atoms with Gasteiger partial charge in [-0.05, 0) is 18.2 Å². The molecule has 0 atom stereocenters. The first-order valence-corrected chi connectivity index (χ1v) is 6.50. The van der Waals surface area contributed by atoms with Crippen LogP contribution in [-0.4, -0.2) is 37.7 Å². The summed E-state index contributed by atoms with van der Waals surface area (Å²) in [6.07, 6.45) is 0. The maximum Gasteiger partial charge on any atom is 0.238 e. The lowest BCUT2D eigenvalue weighted by Gasteiger charge is -2.06. The molecular formula is C12H15N3O2S. The third kappa shape index (κ3) is 3.49. The van der Waals surface area contributed by atoms with Gasteiger partial charge in [0, 0.05) is 19.3 Å². The van der Waals surface area contributed by atoms with Gasteiger partial charge in [-0.15, -0.1) is 11.3 Å². The number of nitrogens with zero attached hydrogens (tertiary/aromatic N) is 1. The molecule has 0 bridgehead atoms. The van der Waals surface area contributed by atoms with Crippen LogP contribution < -0.4 is 10.6 Å². The highest BCUT2D eigenvalue weighted by Gasteiger charge is 2.03. The Morgan fingerprint density at radius 3 is 3.22 bits per heavy atom. The first-order chi connectivity index (χ1) is 8.79. The Kier molecular flexibility index (Phi) is 4.63. The molecule has 0 saturated heterocycles. The van der Waals surface area contributed by atoms with Crippen LogP contribution in [0.4, 0.5) is 5.69 Å². The smallest absolute Gasteiger partial charge is 0.238 e. The second-order valence-electron chi connectivity index (χ2n) is 3.75. The molecule has 1 aromatic heterocycles. The molecule has 0 spiro atoms. The molecule has 0 saturated carbocycles. The molecule has 1 heterocycles. The van der Waals surface area contributed by atoms with E-state index in [0.29, 0.717) is 13.2 Å². The van der Waals surface area contributed by atoms with Crippen LogP contribution >= 0.6 is 11.3 Å². The van der Waals surface area contributed by atoms with E-state index in [-0.39, 0.29) is 12.5 Å². The number of amides is 1. The molecule has 0 aliphatic rings. The lowest BCUT2D eigenvalue weighted by atomic mass is 10.3. The summed E-state index contributed by atoms with van der Waals surface area (Å²) in [5, 5.41) is 5.81. The van der Waals surface area contributed by atoms with E-state index in [2.05, 4.69) is 15.6 Å². The molecule has 5 nitrogen and oxygen atoms in total. The second kappa shape index (κ2) is 6.44. The fraction of sp³-hybridized carbons (Fsp3) is 0.333. The van der Waals surface area contributed by atoms with Crippen molar-refractivity contribution in [3.8, 4) is 0 Å². The van der Waals surface area contributed by atoms with Crippen LogP contribution in [0.3, 0.4) is 0 Å². The van der Waals surface area contributed by atoms with Gasteiger partial charge in [-0.3, -0.25) is 4.79 Å². The van der Waals surface area contributed by atoms with Crippen molar-refractivity contribution in [2.45, 2.75) is 0 Å². The molecule has 0 aliphatic carbocycles. The molecule has 1 aromatic carbocycles. The standard InChI is InChI=1S/C12H15N3O2S/c1-17-5-4-13-7-12(16)15-9-2-3-11-10(6-9)14-8-18-11/h2-3,6,8,13H,4-5,7H2,1H3,(H,15,16). The molecule has 2 aromatic rings. The highest BCUT2D eigenvalue weighted by Crippen LogP contribution is 2.21. The van der Waals surface area contributed by atoms with Gasteiger partial charge in [0.15, 0.2) is 0 Å². The third-order valence-electron chi connectivity index (χ3n) is 2.38. The predicted molar refractivity (Wildman–Crippen MR) is 73.0 cm³/mol. The summed E-state index contributed by atoms with van der Waals surface area (Å²) in [5.74, 6) is -0.0688. The number of aromatic nitrogens is 1. The largest absolute Gasteiger partial charge is 0.383 e. The topological polar surface area (TPSA) is 63.2 Å². The minimum Gasteiger partial charge on any atom is -0.383 e. The van der Waals surface area contributed by atoms with E-state index >= 15 is 0 Å². The van der Waals surface area contributed by atoms with Gasteiger partial charge >= 0.3 is 0 Å². The van der Waals surface area contributed by atoms with Crippen molar-refractivity contribution >= 4 is 33.1 Å². The molecular weight excluding hydrogens is 250 g/mol. The fourth-order valence-corrected chi connectivity index (χ4v) is 2.18. The van der Waals surface area contributed by atoms with Gasteiger partial charge in [0.2, 0.25) is 5.91 Å². The molecule has 0 aliphatic heterocycles. The van der Waals surface area contributed by atoms with Crippen molar-refractivity contribution in [2.24, 2.45) is 0 Å². The molecule has 6 heteroatoms. The van der Waals surface area contributed by atoms with Crippen LogP contribution in [0.5, 0.6) is 0 Å².